The van der Waals surface area contributed by atoms with Crippen LogP contribution in [0.25, 0.3) is 0 Å². The van der Waals surface area contributed by atoms with E-state index in [9.17, 15) is 9.90 Å². The fraction of sp³-hybridized carbons (Fsp3) is 0.176. The van der Waals surface area contributed by atoms with Crippen molar-refractivity contribution in [1.82, 2.24) is 5.43 Å². The third-order valence-electron chi connectivity index (χ3n) is 3.03. The van der Waals surface area contributed by atoms with Gasteiger partial charge in [-0.25, -0.2) is 5.43 Å². The molecular formula is C17H16BrClN2O3. The number of amides is 1. The summed E-state index contributed by atoms with van der Waals surface area (Å²) in [5.74, 6) is 0.137. The summed E-state index contributed by atoms with van der Waals surface area (Å²) < 4.78 is 5.82. The van der Waals surface area contributed by atoms with Gasteiger partial charge in [0.25, 0.3) is 0 Å². The Kier molecular flexibility index (Phi) is 6.63. The molecule has 0 saturated carbocycles. The first-order chi connectivity index (χ1) is 11.5. The molecule has 0 fully saturated rings. The van der Waals surface area contributed by atoms with Crippen LogP contribution in [0.2, 0.25) is 5.02 Å². The van der Waals surface area contributed by atoms with Crippen LogP contribution in [0.5, 0.6) is 11.5 Å². The lowest BCUT2D eigenvalue weighted by Gasteiger charge is -2.08. The molecule has 2 rings (SSSR count). The number of carbonyl (C=O) groups is 1. The molecule has 0 spiro atoms. The maximum absolute atomic E-state index is 11.8. The predicted octanol–water partition coefficient (Wildman–Crippen LogP) is 3.90. The van der Waals surface area contributed by atoms with Gasteiger partial charge in [0.2, 0.25) is 5.91 Å². The highest BCUT2D eigenvalue weighted by Crippen LogP contribution is 2.34. The summed E-state index contributed by atoms with van der Waals surface area (Å²) in [6.07, 6.45) is 1.68. The normalized spacial score (nSPS) is 10.8. The van der Waals surface area contributed by atoms with Crippen molar-refractivity contribution in [2.75, 3.05) is 6.61 Å². The molecule has 0 heterocycles. The maximum atomic E-state index is 11.8. The molecule has 0 unspecified atom stereocenters. The molecule has 2 aromatic rings. The number of phenolic OH excluding ortho intramolecular Hbond substituents is 1. The van der Waals surface area contributed by atoms with E-state index in [-0.39, 0.29) is 18.1 Å². The summed E-state index contributed by atoms with van der Waals surface area (Å²) in [4.78, 5) is 11.8. The molecule has 0 aliphatic carbocycles. The summed E-state index contributed by atoms with van der Waals surface area (Å²) in [6.45, 7) is 2.25. The van der Waals surface area contributed by atoms with Crippen LogP contribution in [-0.2, 0) is 11.2 Å². The molecule has 24 heavy (non-hydrogen) atoms. The predicted molar refractivity (Wildman–Crippen MR) is 97.9 cm³/mol. The van der Waals surface area contributed by atoms with E-state index in [1.165, 1.54) is 6.21 Å². The van der Waals surface area contributed by atoms with Gasteiger partial charge >= 0.3 is 0 Å². The third-order valence-corrected chi connectivity index (χ3v) is 3.89. The monoisotopic (exact) mass is 410 g/mol. The van der Waals surface area contributed by atoms with Crippen LogP contribution >= 0.6 is 27.5 Å². The average Bonchev–Trinajstić information content (AvgIpc) is 2.54. The molecule has 5 nitrogen and oxygen atoms in total. The molecule has 0 saturated heterocycles. The van der Waals surface area contributed by atoms with Crippen molar-refractivity contribution < 1.29 is 14.6 Å². The highest BCUT2D eigenvalue weighted by Gasteiger charge is 2.08. The zero-order chi connectivity index (χ0) is 17.5. The van der Waals surface area contributed by atoms with Gasteiger partial charge in [0.15, 0.2) is 11.5 Å². The SMILES string of the molecule is CCOc1cc(/C=N\NC(=O)Cc2ccc(Cl)cc2)cc(Br)c1O. The van der Waals surface area contributed by atoms with Gasteiger partial charge in [0, 0.05) is 5.02 Å². The smallest absolute Gasteiger partial charge is 0.244 e. The Balaban J connectivity index is 1.98. The summed E-state index contributed by atoms with van der Waals surface area (Å²) in [7, 11) is 0. The van der Waals surface area contributed by atoms with Crippen molar-refractivity contribution in [3.05, 3.63) is 57.0 Å². The minimum atomic E-state index is -0.239. The molecule has 0 radical (unpaired) electrons. The Bertz CT molecular complexity index is 748. The van der Waals surface area contributed by atoms with Crippen LogP contribution in [0.4, 0.5) is 0 Å². The number of nitrogens with zero attached hydrogens (tertiary/aromatic N) is 1. The van der Waals surface area contributed by atoms with Crippen LogP contribution in [-0.4, -0.2) is 23.8 Å². The topological polar surface area (TPSA) is 70.9 Å². The van der Waals surface area contributed by atoms with Crippen LogP contribution in [0.15, 0.2) is 46.0 Å². The molecule has 0 aromatic heterocycles. The van der Waals surface area contributed by atoms with Gasteiger partial charge in [-0.1, -0.05) is 23.7 Å². The zero-order valence-electron chi connectivity index (χ0n) is 12.9. The van der Waals surface area contributed by atoms with Gasteiger partial charge in [-0.05, 0) is 58.2 Å². The van der Waals surface area contributed by atoms with E-state index in [2.05, 4.69) is 26.5 Å². The third kappa shape index (κ3) is 5.25. The van der Waals surface area contributed by atoms with Crippen LogP contribution < -0.4 is 10.2 Å². The Labute approximate surface area is 153 Å². The quantitative estimate of drug-likeness (QED) is 0.559. The van der Waals surface area contributed by atoms with Gasteiger partial charge < -0.3 is 9.84 Å². The van der Waals surface area contributed by atoms with E-state index >= 15 is 0 Å². The molecular weight excluding hydrogens is 396 g/mol. The average molecular weight is 412 g/mol. The molecule has 0 aliphatic rings. The molecule has 126 valence electrons. The first-order valence-electron chi connectivity index (χ1n) is 7.21. The van der Waals surface area contributed by atoms with Gasteiger partial charge in [-0.2, -0.15) is 5.10 Å². The minimum Gasteiger partial charge on any atom is -0.503 e. The van der Waals surface area contributed by atoms with Crippen LogP contribution in [0.3, 0.4) is 0 Å². The Morgan fingerprint density at radius 1 is 1.38 bits per heavy atom. The first kappa shape index (κ1) is 18.3. The fourth-order valence-corrected chi connectivity index (χ4v) is 2.53. The maximum Gasteiger partial charge on any atom is 0.244 e. The number of rotatable bonds is 6. The Morgan fingerprint density at radius 2 is 2.08 bits per heavy atom. The lowest BCUT2D eigenvalue weighted by Crippen LogP contribution is -2.19. The second-order valence-electron chi connectivity index (χ2n) is 4.88. The molecule has 2 aromatic carbocycles. The van der Waals surface area contributed by atoms with Crippen molar-refractivity contribution in [2.45, 2.75) is 13.3 Å². The summed E-state index contributed by atoms with van der Waals surface area (Å²) >= 11 is 9.05. The second-order valence-corrected chi connectivity index (χ2v) is 6.17. The van der Waals surface area contributed by atoms with Gasteiger partial charge in [0.1, 0.15) is 0 Å². The summed E-state index contributed by atoms with van der Waals surface area (Å²) in [5, 5.41) is 14.4. The number of nitrogens with one attached hydrogen (secondary N) is 1. The van der Waals surface area contributed by atoms with Crippen molar-refractivity contribution in [3.63, 3.8) is 0 Å². The van der Waals surface area contributed by atoms with Crippen LogP contribution in [0, 0.1) is 0 Å². The fourth-order valence-electron chi connectivity index (χ4n) is 1.94. The van der Waals surface area contributed by atoms with Gasteiger partial charge in [0.05, 0.1) is 23.7 Å². The van der Waals surface area contributed by atoms with E-state index in [0.717, 1.165) is 5.56 Å². The summed E-state index contributed by atoms with van der Waals surface area (Å²) in [5.41, 5.74) is 3.98. The van der Waals surface area contributed by atoms with Crippen LogP contribution in [0.1, 0.15) is 18.1 Å². The van der Waals surface area contributed by atoms with Crippen molar-refractivity contribution in [2.24, 2.45) is 5.10 Å². The summed E-state index contributed by atoms with van der Waals surface area (Å²) in [6, 6.07) is 10.4. The van der Waals surface area contributed by atoms with Crippen molar-refractivity contribution in [3.8, 4) is 11.5 Å². The molecule has 0 atom stereocenters. The van der Waals surface area contributed by atoms with E-state index in [4.69, 9.17) is 16.3 Å². The number of ether oxygens (including phenoxy) is 1. The number of carbonyl (C=O) groups excluding carboxylic acids is 1. The van der Waals surface area contributed by atoms with Gasteiger partial charge in [-0.15, -0.1) is 0 Å². The highest BCUT2D eigenvalue weighted by molar-refractivity contribution is 9.10. The van der Waals surface area contributed by atoms with Crippen molar-refractivity contribution in [1.29, 1.82) is 0 Å². The van der Waals surface area contributed by atoms with E-state index in [0.29, 0.717) is 27.4 Å². The molecule has 2 N–H and O–H groups in total. The van der Waals surface area contributed by atoms with Crippen molar-refractivity contribution >= 4 is 39.7 Å². The number of phenols is 1. The second kappa shape index (κ2) is 8.70. The molecule has 7 heteroatoms. The first-order valence-corrected chi connectivity index (χ1v) is 8.38. The lowest BCUT2D eigenvalue weighted by atomic mass is 10.1. The Morgan fingerprint density at radius 3 is 2.75 bits per heavy atom. The molecule has 1 amide bonds. The number of hydrogen-bond acceptors (Lipinski definition) is 4. The number of halogens is 2. The number of hydrazone groups is 1. The van der Waals surface area contributed by atoms with E-state index < -0.39 is 0 Å². The zero-order valence-corrected chi connectivity index (χ0v) is 15.3. The number of benzene rings is 2. The number of aromatic hydroxyl groups is 1. The molecule has 0 aliphatic heterocycles. The highest BCUT2D eigenvalue weighted by atomic mass is 79.9. The minimum absolute atomic E-state index is 0.0285. The molecule has 0 bridgehead atoms. The van der Waals surface area contributed by atoms with E-state index in [1.54, 1.807) is 36.4 Å². The van der Waals surface area contributed by atoms with Gasteiger partial charge in [-0.3, -0.25) is 4.79 Å². The lowest BCUT2D eigenvalue weighted by molar-refractivity contribution is -0.120. The standard InChI is InChI=1S/C17H16BrClN2O3/c1-2-24-15-8-12(7-14(18)17(15)23)10-20-21-16(22)9-11-3-5-13(19)6-4-11/h3-8,10,23H,2,9H2,1H3,(H,21,22)/b20-10-. The van der Waals surface area contributed by atoms with E-state index in [1.807, 2.05) is 6.92 Å². The Hall–Kier alpha value is -2.05. The number of hydrogen-bond donors (Lipinski definition) is 2. The largest absolute Gasteiger partial charge is 0.503 e.